The third kappa shape index (κ3) is 3.64. The van der Waals surface area contributed by atoms with Crippen LogP contribution in [0.2, 0.25) is 0 Å². The predicted octanol–water partition coefficient (Wildman–Crippen LogP) is 3.46. The van der Waals surface area contributed by atoms with E-state index in [1.807, 2.05) is 12.1 Å². The molecule has 1 unspecified atom stereocenters. The molecule has 0 saturated carbocycles. The first-order chi connectivity index (χ1) is 14.2. The van der Waals surface area contributed by atoms with Crippen LogP contribution in [0.15, 0.2) is 42.0 Å². The van der Waals surface area contributed by atoms with E-state index in [1.165, 1.54) is 18.2 Å². The summed E-state index contributed by atoms with van der Waals surface area (Å²) >= 11 is 0. The zero-order valence-electron chi connectivity index (χ0n) is 17.2. The summed E-state index contributed by atoms with van der Waals surface area (Å²) < 4.78 is 43.1. The van der Waals surface area contributed by atoms with Gasteiger partial charge in [-0.1, -0.05) is 30.4 Å². The topological polar surface area (TPSA) is 49.6 Å². The van der Waals surface area contributed by atoms with E-state index in [0.717, 1.165) is 43.0 Å². The molecular formula is C23H28F3N3O. The van der Waals surface area contributed by atoms with Gasteiger partial charge in [0.2, 0.25) is 5.91 Å². The molecule has 0 radical (unpaired) electrons. The van der Waals surface area contributed by atoms with Gasteiger partial charge in [0.1, 0.15) is 0 Å². The van der Waals surface area contributed by atoms with E-state index in [1.54, 1.807) is 0 Å². The van der Waals surface area contributed by atoms with Gasteiger partial charge in [0, 0.05) is 37.4 Å². The molecule has 2 N–H and O–H groups in total. The number of carbonyl (C=O) groups excluding carboxylic acids is 1. The highest BCUT2D eigenvalue weighted by atomic mass is 19.4. The number of benzene rings is 1. The molecule has 1 saturated heterocycles. The Bertz CT molecular complexity index is 884. The van der Waals surface area contributed by atoms with E-state index < -0.39 is 23.4 Å². The maximum Gasteiger partial charge on any atom is 0.398 e. The molecule has 162 valence electrons. The number of rotatable bonds is 3. The highest BCUT2D eigenvalue weighted by Crippen LogP contribution is 2.54. The monoisotopic (exact) mass is 419 g/mol. The van der Waals surface area contributed by atoms with Crippen LogP contribution in [0.4, 0.5) is 18.9 Å². The summed E-state index contributed by atoms with van der Waals surface area (Å²) in [5, 5.41) is 0. The van der Waals surface area contributed by atoms with Crippen molar-refractivity contribution in [2.45, 2.75) is 31.9 Å². The number of hydrogen-bond donors (Lipinski definition) is 1. The quantitative estimate of drug-likeness (QED) is 0.816. The van der Waals surface area contributed by atoms with Gasteiger partial charge in [-0.05, 0) is 55.8 Å². The van der Waals surface area contributed by atoms with Crippen molar-refractivity contribution in [1.29, 1.82) is 0 Å². The van der Waals surface area contributed by atoms with Crippen LogP contribution in [0.3, 0.4) is 0 Å². The molecule has 0 aromatic heterocycles. The molecule has 7 heteroatoms. The number of primary amides is 1. The van der Waals surface area contributed by atoms with Crippen molar-refractivity contribution in [3.8, 4) is 0 Å². The summed E-state index contributed by atoms with van der Waals surface area (Å²) in [7, 11) is 2.09. The summed E-state index contributed by atoms with van der Waals surface area (Å²) in [5.41, 5.74) is 6.76. The summed E-state index contributed by atoms with van der Waals surface area (Å²) in [6.07, 6.45) is 0.695. The minimum absolute atomic E-state index is 0.157. The van der Waals surface area contributed by atoms with E-state index in [-0.39, 0.29) is 12.0 Å². The lowest BCUT2D eigenvalue weighted by molar-refractivity contribution is -0.224. The van der Waals surface area contributed by atoms with Gasteiger partial charge in [-0.3, -0.25) is 4.79 Å². The molecule has 1 aliphatic heterocycles. The normalized spacial score (nSPS) is 27.5. The number of fused-ring (bicyclic) bond motifs is 1. The second-order valence-corrected chi connectivity index (χ2v) is 8.74. The second kappa shape index (κ2) is 7.76. The Morgan fingerprint density at radius 1 is 1.20 bits per heavy atom. The van der Waals surface area contributed by atoms with E-state index in [0.29, 0.717) is 19.3 Å². The third-order valence-electron chi connectivity index (χ3n) is 7.07. The van der Waals surface area contributed by atoms with Crippen molar-refractivity contribution >= 4 is 11.6 Å². The van der Waals surface area contributed by atoms with Gasteiger partial charge in [-0.15, -0.1) is 0 Å². The Kier molecular flexibility index (Phi) is 5.43. The lowest BCUT2D eigenvalue weighted by Crippen LogP contribution is -2.47. The number of nitrogens with zero attached hydrogens (tertiary/aromatic N) is 2. The first-order valence-corrected chi connectivity index (χ1v) is 10.5. The van der Waals surface area contributed by atoms with Crippen molar-refractivity contribution in [3.05, 3.63) is 53.1 Å². The van der Waals surface area contributed by atoms with Crippen LogP contribution in [0, 0.1) is 11.3 Å². The molecule has 1 aromatic carbocycles. The molecule has 0 bridgehead atoms. The molecule has 2 aliphatic carbocycles. The number of allylic oxidation sites excluding steroid dienone is 2. The van der Waals surface area contributed by atoms with Gasteiger partial charge in [0.05, 0.1) is 5.41 Å². The summed E-state index contributed by atoms with van der Waals surface area (Å²) in [6, 6.07) is 6.12. The SMILES string of the molecule is CN1CCN(c2cccc3c2CC([C@]2(C(F)(F)F)C=CC(C(N)=O)=CC2)CC3)CC1. The molecule has 2 atom stereocenters. The average molecular weight is 419 g/mol. The van der Waals surface area contributed by atoms with E-state index in [9.17, 15) is 18.0 Å². The second-order valence-electron chi connectivity index (χ2n) is 8.74. The number of anilines is 1. The predicted molar refractivity (Wildman–Crippen MR) is 111 cm³/mol. The van der Waals surface area contributed by atoms with E-state index >= 15 is 0 Å². The Morgan fingerprint density at radius 2 is 1.93 bits per heavy atom. The molecule has 1 amide bonds. The van der Waals surface area contributed by atoms with Crippen LogP contribution in [-0.2, 0) is 17.6 Å². The number of amides is 1. The number of carbonyl (C=O) groups is 1. The maximum atomic E-state index is 14.4. The average Bonchev–Trinajstić information content (AvgIpc) is 2.73. The molecule has 1 heterocycles. The fraction of sp³-hybridized carbons (Fsp3) is 0.522. The smallest absolute Gasteiger partial charge is 0.369 e. The Morgan fingerprint density at radius 3 is 2.53 bits per heavy atom. The first-order valence-electron chi connectivity index (χ1n) is 10.5. The van der Waals surface area contributed by atoms with Gasteiger partial charge in [-0.2, -0.15) is 13.2 Å². The minimum atomic E-state index is -4.39. The van der Waals surface area contributed by atoms with Crippen LogP contribution in [0.25, 0.3) is 0 Å². The van der Waals surface area contributed by atoms with Crippen molar-refractivity contribution in [1.82, 2.24) is 4.90 Å². The molecule has 3 aliphatic rings. The van der Waals surface area contributed by atoms with E-state index in [4.69, 9.17) is 5.73 Å². The van der Waals surface area contributed by atoms with E-state index in [2.05, 4.69) is 22.9 Å². The van der Waals surface area contributed by atoms with Crippen LogP contribution in [0.5, 0.6) is 0 Å². The molecule has 0 spiro atoms. The zero-order valence-corrected chi connectivity index (χ0v) is 17.2. The number of piperazine rings is 1. The van der Waals surface area contributed by atoms with Crippen LogP contribution in [0.1, 0.15) is 24.0 Å². The molecular weight excluding hydrogens is 391 g/mol. The van der Waals surface area contributed by atoms with Gasteiger partial charge < -0.3 is 15.5 Å². The lowest BCUT2D eigenvalue weighted by atomic mass is 9.63. The molecule has 1 aromatic rings. The highest BCUT2D eigenvalue weighted by molar-refractivity contribution is 5.95. The standard InChI is InChI=1S/C23H28F3N3O/c1-28-11-13-29(14-12-28)20-4-2-3-16-5-6-18(15-19(16)20)22(23(24,25)26)9-7-17(8-10-22)21(27)30/h2-4,7-9,18H,5-6,10-15H2,1H3,(H2,27,30)/t18?,22-/m0/s1. The van der Waals surface area contributed by atoms with Gasteiger partial charge >= 0.3 is 6.18 Å². The van der Waals surface area contributed by atoms with Crippen LogP contribution in [-0.4, -0.2) is 50.2 Å². The highest BCUT2D eigenvalue weighted by Gasteiger charge is 2.57. The number of hydrogen-bond acceptors (Lipinski definition) is 3. The van der Waals surface area contributed by atoms with Crippen molar-refractivity contribution < 1.29 is 18.0 Å². The van der Waals surface area contributed by atoms with Crippen molar-refractivity contribution in [2.75, 3.05) is 38.1 Å². The fourth-order valence-corrected chi connectivity index (χ4v) is 5.13. The number of aryl methyl sites for hydroxylation is 1. The Labute approximate surface area is 175 Å². The van der Waals surface area contributed by atoms with Crippen LogP contribution >= 0.6 is 0 Å². The maximum absolute atomic E-state index is 14.4. The fourth-order valence-electron chi connectivity index (χ4n) is 5.13. The minimum Gasteiger partial charge on any atom is -0.369 e. The summed E-state index contributed by atoms with van der Waals surface area (Å²) in [5.74, 6) is -1.26. The van der Waals surface area contributed by atoms with Crippen molar-refractivity contribution in [2.24, 2.45) is 17.1 Å². The summed E-state index contributed by atoms with van der Waals surface area (Å²) in [4.78, 5) is 16.0. The summed E-state index contributed by atoms with van der Waals surface area (Å²) in [6.45, 7) is 3.66. The van der Waals surface area contributed by atoms with Gasteiger partial charge in [0.15, 0.2) is 0 Å². The van der Waals surface area contributed by atoms with Crippen molar-refractivity contribution in [3.63, 3.8) is 0 Å². The number of halogens is 3. The molecule has 30 heavy (non-hydrogen) atoms. The number of alkyl halides is 3. The third-order valence-corrected chi connectivity index (χ3v) is 7.07. The number of nitrogens with two attached hydrogens (primary N) is 1. The lowest BCUT2D eigenvalue weighted by Gasteiger charge is -2.44. The Hall–Kier alpha value is -2.28. The Balaban J connectivity index is 1.66. The van der Waals surface area contributed by atoms with Gasteiger partial charge in [-0.25, -0.2) is 0 Å². The molecule has 4 rings (SSSR count). The first kappa shape index (κ1) is 21.0. The molecule has 4 nitrogen and oxygen atoms in total. The zero-order chi connectivity index (χ0) is 21.5. The van der Waals surface area contributed by atoms with Gasteiger partial charge in [0.25, 0.3) is 0 Å². The molecule has 1 fully saturated rings. The van der Waals surface area contributed by atoms with Crippen LogP contribution < -0.4 is 10.6 Å². The number of likely N-dealkylation sites (N-methyl/N-ethyl adjacent to an activating group) is 1. The largest absolute Gasteiger partial charge is 0.398 e.